The van der Waals surface area contributed by atoms with Gasteiger partial charge in [0.15, 0.2) is 0 Å². The smallest absolute Gasteiger partial charge is 0.0726 e. The van der Waals surface area contributed by atoms with Crippen LogP contribution in [0.1, 0.15) is 44.2 Å². The van der Waals surface area contributed by atoms with E-state index >= 15 is 0 Å². The molecule has 1 saturated carbocycles. The van der Waals surface area contributed by atoms with Crippen molar-refractivity contribution in [3.05, 3.63) is 16.4 Å². The van der Waals surface area contributed by atoms with Crippen LogP contribution in [0.2, 0.25) is 0 Å². The summed E-state index contributed by atoms with van der Waals surface area (Å²) in [6.45, 7) is 1.15. The quantitative estimate of drug-likeness (QED) is 0.910. The number of nitrogens with one attached hydrogen (secondary N) is 1. The molecule has 2 heterocycles. The topological polar surface area (TPSA) is 29.9 Å². The summed E-state index contributed by atoms with van der Waals surface area (Å²) >= 11 is 3.69. The molecule has 3 rings (SSSR count). The lowest BCUT2D eigenvalue weighted by Gasteiger charge is -2.35. The molecule has 3 nitrogen and oxygen atoms in total. The summed E-state index contributed by atoms with van der Waals surface area (Å²) in [6, 6.07) is 0. The van der Waals surface area contributed by atoms with Crippen LogP contribution in [0.5, 0.6) is 0 Å². The normalized spacial score (nSPS) is 30.2. The maximum absolute atomic E-state index is 4.41. The van der Waals surface area contributed by atoms with Gasteiger partial charge >= 0.3 is 0 Å². The number of hydrogen-bond donors (Lipinski definition) is 1. The number of aromatic nitrogens is 2. The average Bonchev–Trinajstić information content (AvgIpc) is 3.11. The third kappa shape index (κ3) is 1.95. The van der Waals surface area contributed by atoms with Crippen molar-refractivity contribution in [2.45, 2.75) is 44.1 Å². The standard InChI is InChI=1S/C13H20BrN3/c1-17-12(11(14)9-16-17)13(10-5-6-10)7-3-2-4-8-15-13/h9-10,15H,2-8H2,1H3. The zero-order chi connectivity index (χ0) is 11.9. The number of hydrogen-bond acceptors (Lipinski definition) is 2. The average molecular weight is 298 g/mol. The summed E-state index contributed by atoms with van der Waals surface area (Å²) < 4.78 is 3.22. The van der Waals surface area contributed by atoms with Gasteiger partial charge in [0.1, 0.15) is 0 Å². The van der Waals surface area contributed by atoms with Crippen LogP contribution in [0, 0.1) is 5.92 Å². The molecule has 94 valence electrons. The molecular formula is C13H20BrN3. The van der Waals surface area contributed by atoms with Crippen LogP contribution >= 0.6 is 15.9 Å². The van der Waals surface area contributed by atoms with Crippen molar-refractivity contribution in [3.63, 3.8) is 0 Å². The monoisotopic (exact) mass is 297 g/mol. The Labute approximate surface area is 111 Å². The molecule has 17 heavy (non-hydrogen) atoms. The molecule has 1 aromatic rings. The van der Waals surface area contributed by atoms with Crippen molar-refractivity contribution in [1.82, 2.24) is 15.1 Å². The van der Waals surface area contributed by atoms with E-state index in [0.29, 0.717) is 0 Å². The summed E-state index contributed by atoms with van der Waals surface area (Å²) in [6.07, 6.45) is 9.93. The van der Waals surface area contributed by atoms with Crippen molar-refractivity contribution in [1.29, 1.82) is 0 Å². The Kier molecular flexibility index (Phi) is 3.03. The van der Waals surface area contributed by atoms with Gasteiger partial charge in [-0.1, -0.05) is 12.8 Å². The number of nitrogens with zero attached hydrogens (tertiary/aromatic N) is 2. The van der Waals surface area contributed by atoms with Gasteiger partial charge in [-0.2, -0.15) is 5.10 Å². The van der Waals surface area contributed by atoms with Gasteiger partial charge in [0.05, 0.1) is 21.9 Å². The molecule has 1 saturated heterocycles. The van der Waals surface area contributed by atoms with Gasteiger partial charge in [-0.25, -0.2) is 0 Å². The first-order chi connectivity index (χ1) is 8.24. The molecule has 4 heteroatoms. The molecule has 1 unspecified atom stereocenters. The minimum absolute atomic E-state index is 0.181. The highest BCUT2D eigenvalue weighted by Gasteiger charge is 2.48. The summed E-state index contributed by atoms with van der Waals surface area (Å²) in [7, 11) is 2.07. The van der Waals surface area contributed by atoms with E-state index in [1.54, 1.807) is 0 Å². The fourth-order valence-electron chi connectivity index (χ4n) is 3.34. The predicted molar refractivity (Wildman–Crippen MR) is 71.8 cm³/mol. The zero-order valence-corrected chi connectivity index (χ0v) is 12.0. The van der Waals surface area contributed by atoms with Gasteiger partial charge in [0.25, 0.3) is 0 Å². The molecule has 0 aromatic carbocycles. The first-order valence-electron chi connectivity index (χ1n) is 6.67. The van der Waals surface area contributed by atoms with Crippen molar-refractivity contribution >= 4 is 15.9 Å². The number of halogens is 1. The first kappa shape index (κ1) is 11.7. The molecule has 2 aliphatic rings. The van der Waals surface area contributed by atoms with Gasteiger partial charge in [-0.05, 0) is 54.1 Å². The van der Waals surface area contributed by atoms with Gasteiger partial charge in [0.2, 0.25) is 0 Å². The summed E-state index contributed by atoms with van der Waals surface area (Å²) in [4.78, 5) is 0. The van der Waals surface area contributed by atoms with E-state index in [2.05, 4.69) is 38.1 Å². The Hall–Kier alpha value is -0.350. The maximum Gasteiger partial charge on any atom is 0.0726 e. The van der Waals surface area contributed by atoms with Crippen molar-refractivity contribution < 1.29 is 0 Å². The van der Waals surface area contributed by atoms with Crippen LogP contribution in [0.15, 0.2) is 10.7 Å². The van der Waals surface area contributed by atoms with Crippen LogP contribution in [0.4, 0.5) is 0 Å². The van der Waals surface area contributed by atoms with Crippen LogP contribution < -0.4 is 5.32 Å². The van der Waals surface area contributed by atoms with E-state index in [-0.39, 0.29) is 5.54 Å². The molecule has 2 fully saturated rings. The fourth-order valence-corrected chi connectivity index (χ4v) is 4.04. The molecule has 1 aliphatic heterocycles. The maximum atomic E-state index is 4.41. The lowest BCUT2D eigenvalue weighted by Crippen LogP contribution is -2.45. The predicted octanol–water partition coefficient (Wildman–Crippen LogP) is 2.95. The summed E-state index contributed by atoms with van der Waals surface area (Å²) in [5.41, 5.74) is 1.54. The van der Waals surface area contributed by atoms with E-state index in [1.165, 1.54) is 48.7 Å². The lowest BCUT2D eigenvalue weighted by molar-refractivity contribution is 0.259. The summed E-state index contributed by atoms with van der Waals surface area (Å²) in [5.74, 6) is 0.812. The lowest BCUT2D eigenvalue weighted by atomic mass is 9.84. The minimum Gasteiger partial charge on any atom is -0.306 e. The van der Waals surface area contributed by atoms with E-state index in [4.69, 9.17) is 0 Å². The molecule has 0 spiro atoms. The van der Waals surface area contributed by atoms with Gasteiger partial charge in [0, 0.05) is 7.05 Å². The van der Waals surface area contributed by atoms with Crippen LogP contribution in [0.3, 0.4) is 0 Å². The molecule has 0 bridgehead atoms. The highest BCUT2D eigenvalue weighted by molar-refractivity contribution is 9.10. The van der Waals surface area contributed by atoms with E-state index < -0.39 is 0 Å². The SMILES string of the molecule is Cn1ncc(Br)c1C1(C2CC2)CCCCCN1. The van der Waals surface area contributed by atoms with Crippen LogP contribution in [-0.2, 0) is 12.6 Å². The first-order valence-corrected chi connectivity index (χ1v) is 7.46. The molecular weight excluding hydrogens is 278 g/mol. The Morgan fingerprint density at radius 1 is 1.41 bits per heavy atom. The van der Waals surface area contributed by atoms with Gasteiger partial charge in [-0.15, -0.1) is 0 Å². The molecule has 1 aliphatic carbocycles. The molecule has 1 aromatic heterocycles. The number of aryl methyl sites for hydroxylation is 1. The fraction of sp³-hybridized carbons (Fsp3) is 0.769. The molecule has 0 amide bonds. The Balaban J connectivity index is 2.03. The number of rotatable bonds is 2. The molecule has 0 radical (unpaired) electrons. The van der Waals surface area contributed by atoms with Crippen molar-refractivity contribution in [2.75, 3.05) is 6.54 Å². The molecule has 1 N–H and O–H groups in total. The van der Waals surface area contributed by atoms with Crippen LogP contribution in [0.25, 0.3) is 0 Å². The van der Waals surface area contributed by atoms with Crippen molar-refractivity contribution in [3.8, 4) is 0 Å². The Bertz CT molecular complexity index is 381. The second-order valence-corrected chi connectivity index (χ2v) is 6.30. The Morgan fingerprint density at radius 2 is 2.24 bits per heavy atom. The summed E-state index contributed by atoms with van der Waals surface area (Å²) in [5, 5.41) is 8.26. The third-order valence-corrected chi connectivity index (χ3v) is 4.86. The van der Waals surface area contributed by atoms with Gasteiger partial charge < -0.3 is 5.32 Å². The van der Waals surface area contributed by atoms with E-state index in [9.17, 15) is 0 Å². The second kappa shape index (κ2) is 4.39. The molecule has 1 atom stereocenters. The largest absolute Gasteiger partial charge is 0.306 e. The zero-order valence-electron chi connectivity index (χ0n) is 10.4. The second-order valence-electron chi connectivity index (χ2n) is 5.45. The van der Waals surface area contributed by atoms with Crippen LogP contribution in [-0.4, -0.2) is 16.3 Å². The highest BCUT2D eigenvalue weighted by Crippen LogP contribution is 2.50. The van der Waals surface area contributed by atoms with Crippen molar-refractivity contribution in [2.24, 2.45) is 13.0 Å². The minimum atomic E-state index is 0.181. The Morgan fingerprint density at radius 3 is 2.88 bits per heavy atom. The third-order valence-electron chi connectivity index (χ3n) is 4.28. The highest BCUT2D eigenvalue weighted by atomic mass is 79.9. The van der Waals surface area contributed by atoms with E-state index in [1.807, 2.05) is 6.20 Å². The van der Waals surface area contributed by atoms with E-state index in [0.717, 1.165) is 12.5 Å². The van der Waals surface area contributed by atoms with Gasteiger partial charge in [-0.3, -0.25) is 4.68 Å².